The van der Waals surface area contributed by atoms with Crippen molar-refractivity contribution in [1.82, 2.24) is 9.47 Å². The van der Waals surface area contributed by atoms with Gasteiger partial charge in [0.2, 0.25) is 0 Å². The van der Waals surface area contributed by atoms with Crippen LogP contribution < -0.4 is 0 Å². The average molecular weight is 399 g/mol. The van der Waals surface area contributed by atoms with E-state index in [-0.39, 0.29) is 17.9 Å². The van der Waals surface area contributed by atoms with Crippen LogP contribution in [0.4, 0.5) is 0 Å². The number of fused-ring (bicyclic) bond motifs is 4. The van der Waals surface area contributed by atoms with Gasteiger partial charge in [0.1, 0.15) is 5.41 Å². The minimum absolute atomic E-state index is 0.0274. The summed E-state index contributed by atoms with van der Waals surface area (Å²) in [7, 11) is 6.90. The van der Waals surface area contributed by atoms with Gasteiger partial charge < -0.3 is 18.8 Å². The van der Waals surface area contributed by atoms with Crippen molar-refractivity contribution in [2.75, 3.05) is 34.4 Å². The molecule has 0 spiro atoms. The van der Waals surface area contributed by atoms with Crippen molar-refractivity contribution < 1.29 is 19.0 Å². The zero-order chi connectivity index (χ0) is 20.8. The minimum Gasteiger partial charge on any atom is -0.468 e. The molecular weight excluding hydrogens is 368 g/mol. The topological polar surface area (TPSA) is 52.9 Å². The van der Waals surface area contributed by atoms with Gasteiger partial charge in [0.25, 0.3) is 0 Å². The van der Waals surface area contributed by atoms with Crippen LogP contribution in [0.5, 0.6) is 0 Å². The summed E-state index contributed by atoms with van der Waals surface area (Å²) in [6.45, 7) is 5.42. The van der Waals surface area contributed by atoms with Gasteiger partial charge in [-0.3, -0.25) is 9.69 Å². The van der Waals surface area contributed by atoms with E-state index in [9.17, 15) is 4.79 Å². The molecule has 1 aromatic carbocycles. The normalized spacial score (nSPS) is 28.6. The number of hydrogen-bond acceptors (Lipinski definition) is 5. The maximum Gasteiger partial charge on any atom is 0.319 e. The van der Waals surface area contributed by atoms with Crippen LogP contribution in [-0.4, -0.2) is 61.7 Å². The number of benzene rings is 1. The Hall–Kier alpha value is -2.15. The molecule has 0 N–H and O–H groups in total. The molecule has 2 aliphatic heterocycles. The van der Waals surface area contributed by atoms with Gasteiger partial charge in [-0.2, -0.15) is 0 Å². The summed E-state index contributed by atoms with van der Waals surface area (Å²) in [5.74, 6) is -0.864. The highest BCUT2D eigenvalue weighted by atomic mass is 16.7. The summed E-state index contributed by atoms with van der Waals surface area (Å²) in [6.07, 6.45) is 3.10. The van der Waals surface area contributed by atoms with Crippen molar-refractivity contribution in [3.63, 3.8) is 0 Å². The van der Waals surface area contributed by atoms with E-state index in [4.69, 9.17) is 14.2 Å². The number of methoxy groups -OCH3 is 3. The summed E-state index contributed by atoms with van der Waals surface area (Å²) in [4.78, 5) is 15.8. The molecule has 3 atom stereocenters. The molecule has 0 radical (unpaired) electrons. The summed E-state index contributed by atoms with van der Waals surface area (Å²) in [6, 6.07) is 10.2. The number of para-hydroxylation sites is 1. The Balaban J connectivity index is 1.93. The predicted octanol–water partition coefficient (Wildman–Crippen LogP) is 2.86. The van der Waals surface area contributed by atoms with E-state index >= 15 is 0 Å². The van der Waals surface area contributed by atoms with E-state index in [1.165, 1.54) is 7.11 Å². The fraction of sp³-hybridized carbons (Fsp3) is 0.522. The standard InChI is InChI=1S/C23H30N2O4/c1-6-11-25-15-17-13-22(21(26)27-3,20(25)14-23(17,28-4)29-5)19-12-16-9-7-8-10-18(16)24(19)2/h6-10,12,17,20H,1,11,13-15H2,2-5H3/t17-,20+,22-/m0/s1. The number of carbonyl (C=O) groups excluding carboxylic acids is 1. The zero-order valence-corrected chi connectivity index (χ0v) is 17.7. The largest absolute Gasteiger partial charge is 0.468 e. The maximum atomic E-state index is 13.5. The Labute approximate surface area is 172 Å². The summed E-state index contributed by atoms with van der Waals surface area (Å²) in [5.41, 5.74) is 1.29. The molecule has 2 saturated heterocycles. The van der Waals surface area contributed by atoms with Gasteiger partial charge in [-0.05, 0) is 23.9 Å². The van der Waals surface area contributed by atoms with Crippen molar-refractivity contribution in [2.45, 2.75) is 30.1 Å². The maximum absolute atomic E-state index is 13.5. The van der Waals surface area contributed by atoms with Crippen LogP contribution >= 0.6 is 0 Å². The van der Waals surface area contributed by atoms with Crippen molar-refractivity contribution in [3.05, 3.63) is 48.7 Å². The average Bonchev–Trinajstić information content (AvgIpc) is 3.10. The lowest BCUT2D eigenvalue weighted by Crippen LogP contribution is -2.72. The Bertz CT molecular complexity index is 932. The number of nitrogens with zero attached hydrogens (tertiary/aromatic N) is 2. The molecular formula is C23H30N2O4. The highest BCUT2D eigenvalue weighted by Crippen LogP contribution is 2.55. The molecule has 0 unspecified atom stereocenters. The van der Waals surface area contributed by atoms with Crippen LogP contribution in [-0.2, 0) is 31.5 Å². The monoisotopic (exact) mass is 398 g/mol. The van der Waals surface area contributed by atoms with Gasteiger partial charge in [-0.15, -0.1) is 6.58 Å². The van der Waals surface area contributed by atoms with Crippen LogP contribution in [0.1, 0.15) is 18.5 Å². The molecule has 3 fully saturated rings. The lowest BCUT2D eigenvalue weighted by molar-refractivity contribution is -0.296. The molecule has 156 valence electrons. The van der Waals surface area contributed by atoms with Gasteiger partial charge in [-0.1, -0.05) is 24.3 Å². The van der Waals surface area contributed by atoms with E-state index in [0.29, 0.717) is 19.4 Å². The second kappa shape index (κ2) is 7.27. The highest BCUT2D eigenvalue weighted by Gasteiger charge is 2.66. The summed E-state index contributed by atoms with van der Waals surface area (Å²) >= 11 is 0. The third kappa shape index (κ3) is 2.70. The fourth-order valence-electron chi connectivity index (χ4n) is 5.79. The number of carbonyl (C=O) groups is 1. The molecule has 0 amide bonds. The summed E-state index contributed by atoms with van der Waals surface area (Å²) < 4.78 is 19.3. The van der Waals surface area contributed by atoms with Crippen LogP contribution in [0.2, 0.25) is 0 Å². The zero-order valence-electron chi connectivity index (χ0n) is 17.7. The molecule has 6 heteroatoms. The molecule has 1 saturated carbocycles. The first-order valence-electron chi connectivity index (χ1n) is 10.1. The first kappa shape index (κ1) is 20.1. The minimum atomic E-state index is -0.797. The van der Waals surface area contributed by atoms with Crippen molar-refractivity contribution in [1.29, 1.82) is 0 Å². The van der Waals surface area contributed by atoms with E-state index in [0.717, 1.165) is 23.1 Å². The number of aryl methyl sites for hydroxylation is 1. The highest BCUT2D eigenvalue weighted by molar-refractivity contribution is 5.89. The Kier molecular flexibility index (Phi) is 5.05. The SMILES string of the molecule is C=CCN1C[C@@H]2C[C@](C(=O)OC)(c3cc4ccccc4n3C)[C@H]1CC2(OC)OC. The van der Waals surface area contributed by atoms with Gasteiger partial charge in [0, 0.05) is 63.9 Å². The third-order valence-corrected chi connectivity index (χ3v) is 7.15. The smallest absolute Gasteiger partial charge is 0.319 e. The lowest BCUT2D eigenvalue weighted by atomic mass is 9.58. The van der Waals surface area contributed by atoms with E-state index in [1.54, 1.807) is 14.2 Å². The van der Waals surface area contributed by atoms with Crippen molar-refractivity contribution >= 4 is 16.9 Å². The first-order valence-corrected chi connectivity index (χ1v) is 10.1. The van der Waals surface area contributed by atoms with Crippen LogP contribution in [0, 0.1) is 5.92 Å². The quantitative estimate of drug-likeness (QED) is 0.426. The number of piperidine rings is 2. The second-order valence-electron chi connectivity index (χ2n) is 8.19. The number of rotatable bonds is 6. The lowest BCUT2D eigenvalue weighted by Gasteiger charge is -2.61. The molecule has 6 nitrogen and oxygen atoms in total. The van der Waals surface area contributed by atoms with Crippen LogP contribution in [0.15, 0.2) is 43.0 Å². The Morgan fingerprint density at radius 2 is 1.97 bits per heavy atom. The molecule has 3 aliphatic rings. The third-order valence-electron chi connectivity index (χ3n) is 7.15. The predicted molar refractivity (Wildman–Crippen MR) is 112 cm³/mol. The van der Waals surface area contributed by atoms with Crippen molar-refractivity contribution in [2.24, 2.45) is 13.0 Å². The molecule has 1 aromatic heterocycles. The van der Waals surface area contributed by atoms with E-state index < -0.39 is 11.2 Å². The van der Waals surface area contributed by atoms with Crippen molar-refractivity contribution in [3.8, 4) is 0 Å². The van der Waals surface area contributed by atoms with E-state index in [2.05, 4.69) is 34.2 Å². The molecule has 3 heterocycles. The molecule has 29 heavy (non-hydrogen) atoms. The Morgan fingerprint density at radius 1 is 1.24 bits per heavy atom. The summed E-state index contributed by atoms with van der Waals surface area (Å²) in [5, 5.41) is 1.12. The number of ether oxygens (including phenoxy) is 3. The number of hydrogen-bond donors (Lipinski definition) is 0. The van der Waals surface area contributed by atoms with E-state index in [1.807, 2.05) is 25.3 Å². The Morgan fingerprint density at radius 3 is 2.55 bits per heavy atom. The molecule has 2 aromatic rings. The molecule has 1 aliphatic carbocycles. The second-order valence-corrected chi connectivity index (χ2v) is 8.19. The first-order chi connectivity index (χ1) is 14.0. The fourth-order valence-corrected chi connectivity index (χ4v) is 5.79. The molecule has 2 bridgehead atoms. The number of aromatic nitrogens is 1. The van der Waals surface area contributed by atoms with Gasteiger partial charge >= 0.3 is 5.97 Å². The van der Waals surface area contributed by atoms with Gasteiger partial charge in [-0.25, -0.2) is 0 Å². The number of esters is 1. The van der Waals surface area contributed by atoms with Crippen LogP contribution in [0.25, 0.3) is 10.9 Å². The van der Waals surface area contributed by atoms with Crippen LogP contribution in [0.3, 0.4) is 0 Å². The van der Waals surface area contributed by atoms with Gasteiger partial charge in [0.15, 0.2) is 5.79 Å². The molecule has 5 rings (SSSR count). The van der Waals surface area contributed by atoms with Gasteiger partial charge in [0.05, 0.1) is 7.11 Å².